The van der Waals surface area contributed by atoms with Crippen molar-refractivity contribution in [2.45, 2.75) is 26.4 Å². The van der Waals surface area contributed by atoms with Crippen molar-refractivity contribution < 1.29 is 18.3 Å². The van der Waals surface area contributed by atoms with Crippen molar-refractivity contribution in [3.8, 4) is 23.1 Å². The number of amides is 1. The summed E-state index contributed by atoms with van der Waals surface area (Å²) >= 11 is 0. The van der Waals surface area contributed by atoms with Crippen LogP contribution < -0.4 is 9.64 Å². The standard InChI is InChI=1S/C22H19F2N5O2/c1-13-10-28(20(30)22(13,12-25)15-4-5-15)17-6-8-27-29-11-14(9-18(17)29)16-3-2-7-26-19(16)31-21(23)24/h2-3,6-9,11,13,15,21H,4-5,10H2,1H3/t13-,22+/m1/s1. The lowest BCUT2D eigenvalue weighted by Crippen LogP contribution is -2.37. The Labute approximate surface area is 176 Å². The van der Waals surface area contributed by atoms with Gasteiger partial charge in [-0.25, -0.2) is 9.50 Å². The van der Waals surface area contributed by atoms with Crippen molar-refractivity contribution in [2.24, 2.45) is 17.3 Å². The number of rotatable bonds is 5. The van der Waals surface area contributed by atoms with Crippen LogP contribution in [0.3, 0.4) is 0 Å². The summed E-state index contributed by atoms with van der Waals surface area (Å²) in [5.74, 6) is -0.346. The third-order valence-electron chi connectivity index (χ3n) is 6.30. The molecule has 0 N–H and O–H groups in total. The van der Waals surface area contributed by atoms with E-state index in [4.69, 9.17) is 0 Å². The summed E-state index contributed by atoms with van der Waals surface area (Å²) in [5.41, 5.74) is 1.25. The first kappa shape index (κ1) is 19.4. The molecule has 3 aromatic rings. The molecule has 0 spiro atoms. The molecule has 158 valence electrons. The van der Waals surface area contributed by atoms with Crippen LogP contribution in [-0.2, 0) is 4.79 Å². The fourth-order valence-electron chi connectivity index (χ4n) is 4.67. The molecule has 2 atom stereocenters. The van der Waals surface area contributed by atoms with Crippen LogP contribution in [0.5, 0.6) is 5.88 Å². The molecule has 5 rings (SSSR count). The Morgan fingerprint density at radius 1 is 1.32 bits per heavy atom. The van der Waals surface area contributed by atoms with Gasteiger partial charge in [0.25, 0.3) is 0 Å². The minimum atomic E-state index is -3.00. The van der Waals surface area contributed by atoms with Crippen molar-refractivity contribution in [1.29, 1.82) is 5.26 Å². The van der Waals surface area contributed by atoms with E-state index in [0.29, 0.717) is 28.9 Å². The van der Waals surface area contributed by atoms with Crippen molar-refractivity contribution in [3.63, 3.8) is 0 Å². The van der Waals surface area contributed by atoms with Crippen molar-refractivity contribution in [3.05, 3.63) is 42.9 Å². The van der Waals surface area contributed by atoms with E-state index >= 15 is 0 Å². The number of carbonyl (C=O) groups is 1. The molecule has 4 heterocycles. The molecule has 1 saturated heterocycles. The summed E-state index contributed by atoms with van der Waals surface area (Å²) in [5, 5.41) is 14.2. The lowest BCUT2D eigenvalue weighted by Gasteiger charge is -2.23. The van der Waals surface area contributed by atoms with Gasteiger partial charge < -0.3 is 9.64 Å². The largest absolute Gasteiger partial charge is 0.416 e. The van der Waals surface area contributed by atoms with Gasteiger partial charge in [0.2, 0.25) is 11.8 Å². The van der Waals surface area contributed by atoms with Gasteiger partial charge in [-0.2, -0.15) is 19.1 Å². The molecule has 9 heteroatoms. The molecule has 31 heavy (non-hydrogen) atoms. The molecular formula is C22H19F2N5O2. The van der Waals surface area contributed by atoms with E-state index in [2.05, 4.69) is 20.9 Å². The van der Waals surface area contributed by atoms with Gasteiger partial charge in [-0.3, -0.25) is 4.79 Å². The highest BCUT2D eigenvalue weighted by atomic mass is 19.3. The molecule has 1 aliphatic heterocycles. The monoisotopic (exact) mass is 423 g/mol. The molecule has 7 nitrogen and oxygen atoms in total. The second kappa shape index (κ2) is 7.01. The van der Waals surface area contributed by atoms with E-state index in [1.165, 1.54) is 6.20 Å². The van der Waals surface area contributed by atoms with Crippen LogP contribution in [0.15, 0.2) is 42.9 Å². The molecule has 0 radical (unpaired) electrons. The Balaban J connectivity index is 1.58. The van der Waals surface area contributed by atoms with Gasteiger partial charge in [-0.05, 0) is 43.0 Å². The fraction of sp³-hybridized carbons (Fsp3) is 0.364. The Morgan fingerprint density at radius 2 is 2.13 bits per heavy atom. The molecular weight excluding hydrogens is 404 g/mol. The molecule has 0 bridgehead atoms. The van der Waals surface area contributed by atoms with Crippen LogP contribution in [0.4, 0.5) is 14.5 Å². The van der Waals surface area contributed by atoms with Crippen LogP contribution in [0, 0.1) is 28.6 Å². The zero-order chi connectivity index (χ0) is 21.8. The SMILES string of the molecule is C[C@@H]1CN(c2ccnn3cc(-c4cccnc4OC(F)F)cc23)C(=O)[C@]1(C#N)C1CC1. The number of pyridine rings is 1. The van der Waals surface area contributed by atoms with E-state index in [9.17, 15) is 18.8 Å². The van der Waals surface area contributed by atoms with Crippen LogP contribution in [0.25, 0.3) is 16.6 Å². The van der Waals surface area contributed by atoms with E-state index in [1.54, 1.807) is 46.1 Å². The van der Waals surface area contributed by atoms with Gasteiger partial charge in [-0.15, -0.1) is 0 Å². The number of ether oxygens (including phenoxy) is 1. The third kappa shape index (κ3) is 2.93. The van der Waals surface area contributed by atoms with Crippen LogP contribution in [0.2, 0.25) is 0 Å². The zero-order valence-electron chi connectivity index (χ0n) is 16.7. The number of hydrogen-bond acceptors (Lipinski definition) is 5. The van der Waals surface area contributed by atoms with E-state index in [1.807, 2.05) is 6.92 Å². The van der Waals surface area contributed by atoms with E-state index < -0.39 is 12.0 Å². The summed E-state index contributed by atoms with van der Waals surface area (Å²) in [6, 6.07) is 9.10. The zero-order valence-corrected chi connectivity index (χ0v) is 16.7. The van der Waals surface area contributed by atoms with Crippen LogP contribution in [0.1, 0.15) is 19.8 Å². The van der Waals surface area contributed by atoms with Crippen molar-refractivity contribution in [1.82, 2.24) is 14.6 Å². The summed E-state index contributed by atoms with van der Waals surface area (Å²) < 4.78 is 31.7. The Bertz CT molecular complexity index is 1220. The quantitative estimate of drug-likeness (QED) is 0.622. The molecule has 1 amide bonds. The maximum absolute atomic E-state index is 13.4. The summed E-state index contributed by atoms with van der Waals surface area (Å²) in [4.78, 5) is 19.0. The predicted molar refractivity (Wildman–Crippen MR) is 107 cm³/mol. The average molecular weight is 423 g/mol. The number of anilines is 1. The first-order valence-corrected chi connectivity index (χ1v) is 10.1. The molecule has 0 aromatic carbocycles. The molecule has 3 aromatic heterocycles. The first-order valence-electron chi connectivity index (χ1n) is 10.1. The van der Waals surface area contributed by atoms with Gasteiger partial charge in [0.05, 0.1) is 17.3 Å². The van der Waals surface area contributed by atoms with Gasteiger partial charge in [0.15, 0.2) is 0 Å². The van der Waals surface area contributed by atoms with Crippen LogP contribution in [-0.4, -0.2) is 33.7 Å². The summed E-state index contributed by atoms with van der Waals surface area (Å²) in [7, 11) is 0. The third-order valence-corrected chi connectivity index (χ3v) is 6.30. The lowest BCUT2D eigenvalue weighted by atomic mass is 9.75. The molecule has 1 aliphatic carbocycles. The predicted octanol–water partition coefficient (Wildman–Crippen LogP) is 3.90. The molecule has 2 aliphatic rings. The smallest absolute Gasteiger partial charge is 0.388 e. The highest BCUT2D eigenvalue weighted by Crippen LogP contribution is 2.54. The summed E-state index contributed by atoms with van der Waals surface area (Å²) in [6.07, 6.45) is 6.42. The Hall–Kier alpha value is -3.54. The number of alkyl halides is 2. The van der Waals surface area contributed by atoms with Gasteiger partial charge in [-0.1, -0.05) is 6.92 Å². The number of nitriles is 1. The molecule has 1 saturated carbocycles. The van der Waals surface area contributed by atoms with E-state index in [0.717, 1.165) is 12.8 Å². The highest BCUT2D eigenvalue weighted by Gasteiger charge is 2.61. The second-order valence-corrected chi connectivity index (χ2v) is 8.08. The van der Waals surface area contributed by atoms with E-state index in [-0.39, 0.29) is 23.6 Å². The number of hydrogen-bond donors (Lipinski definition) is 0. The van der Waals surface area contributed by atoms with Gasteiger partial charge in [0.1, 0.15) is 5.41 Å². The average Bonchev–Trinajstić information content (AvgIpc) is 3.44. The van der Waals surface area contributed by atoms with Crippen molar-refractivity contribution >= 4 is 17.1 Å². The minimum absolute atomic E-state index is 0.0930. The van der Waals surface area contributed by atoms with Crippen molar-refractivity contribution in [2.75, 3.05) is 11.4 Å². The van der Waals surface area contributed by atoms with Gasteiger partial charge >= 0.3 is 6.61 Å². The summed E-state index contributed by atoms with van der Waals surface area (Å²) in [6.45, 7) is -0.606. The topological polar surface area (TPSA) is 83.5 Å². The number of nitrogens with zero attached hydrogens (tertiary/aromatic N) is 5. The highest BCUT2D eigenvalue weighted by molar-refractivity contribution is 6.05. The lowest BCUT2D eigenvalue weighted by molar-refractivity contribution is -0.124. The number of fused-ring (bicyclic) bond motifs is 1. The minimum Gasteiger partial charge on any atom is -0.416 e. The fourth-order valence-corrected chi connectivity index (χ4v) is 4.67. The molecule has 2 fully saturated rings. The maximum Gasteiger partial charge on any atom is 0.388 e. The number of aromatic nitrogens is 3. The number of carbonyl (C=O) groups excluding carboxylic acids is 1. The Kier molecular flexibility index (Phi) is 4.39. The Morgan fingerprint density at radius 3 is 2.84 bits per heavy atom. The second-order valence-electron chi connectivity index (χ2n) is 8.08. The van der Waals surface area contributed by atoms with Gasteiger partial charge in [0, 0.05) is 42.2 Å². The number of halogens is 2. The normalized spacial score (nSPS) is 23.5. The molecule has 0 unspecified atom stereocenters. The van der Waals surface area contributed by atoms with Crippen LogP contribution >= 0.6 is 0 Å². The first-order chi connectivity index (χ1) is 15.0. The maximum atomic E-state index is 13.4.